The predicted molar refractivity (Wildman–Crippen MR) is 50.4 cm³/mol. The molecule has 0 aliphatic carbocycles. The lowest BCUT2D eigenvalue weighted by Gasteiger charge is -2.21. The van der Waals surface area contributed by atoms with Gasteiger partial charge in [0, 0.05) is 19.0 Å². The molecule has 4 nitrogen and oxygen atoms in total. The van der Waals surface area contributed by atoms with Gasteiger partial charge in [0.2, 0.25) is 0 Å². The molecule has 0 amide bonds. The van der Waals surface area contributed by atoms with Crippen LogP contribution in [0.2, 0.25) is 0 Å². The van der Waals surface area contributed by atoms with Crippen molar-refractivity contribution < 1.29 is 13.2 Å². The average molecular weight is 205 g/mol. The molecule has 1 unspecified atom stereocenters. The number of aldehydes is 1. The van der Waals surface area contributed by atoms with Crippen molar-refractivity contribution in [3.63, 3.8) is 0 Å². The first-order valence-corrected chi connectivity index (χ1v) is 6.21. The van der Waals surface area contributed by atoms with E-state index in [0.717, 1.165) is 6.29 Å². The molecule has 5 heteroatoms. The van der Waals surface area contributed by atoms with Gasteiger partial charge in [0.05, 0.1) is 11.5 Å². The molecule has 76 valence electrons. The molecule has 1 heterocycles. The molecule has 0 N–H and O–H groups in total. The predicted octanol–water partition coefficient (Wildman–Crippen LogP) is -0.306. The summed E-state index contributed by atoms with van der Waals surface area (Å²) in [5.41, 5.74) is 0. The fourth-order valence-corrected chi connectivity index (χ4v) is 3.37. The minimum absolute atomic E-state index is 0.116. The maximum Gasteiger partial charge on any atom is 0.151 e. The van der Waals surface area contributed by atoms with Crippen LogP contribution in [0.25, 0.3) is 0 Å². The molecule has 0 aromatic carbocycles. The van der Waals surface area contributed by atoms with Crippen LogP contribution in [0.15, 0.2) is 0 Å². The lowest BCUT2D eigenvalue weighted by atomic mass is 10.2. The van der Waals surface area contributed by atoms with Crippen molar-refractivity contribution in [3.05, 3.63) is 0 Å². The summed E-state index contributed by atoms with van der Waals surface area (Å²) < 4.78 is 22.2. The van der Waals surface area contributed by atoms with Crippen LogP contribution in [0.5, 0.6) is 0 Å². The SMILES string of the molecule is CN(CCC=O)C1CCS(=O)(=O)C1. The Balaban J connectivity index is 2.41. The molecule has 0 radical (unpaired) electrons. The van der Waals surface area contributed by atoms with Gasteiger partial charge in [0.25, 0.3) is 0 Å². The third-order valence-electron chi connectivity index (χ3n) is 2.43. The second-order valence-electron chi connectivity index (χ2n) is 3.49. The van der Waals surface area contributed by atoms with Gasteiger partial charge in [0.15, 0.2) is 9.84 Å². The van der Waals surface area contributed by atoms with Gasteiger partial charge in [-0.15, -0.1) is 0 Å². The Morgan fingerprint density at radius 2 is 2.23 bits per heavy atom. The highest BCUT2D eigenvalue weighted by atomic mass is 32.2. The Morgan fingerprint density at radius 1 is 1.54 bits per heavy atom. The number of sulfone groups is 1. The van der Waals surface area contributed by atoms with Crippen molar-refractivity contribution in [2.45, 2.75) is 18.9 Å². The monoisotopic (exact) mass is 205 g/mol. The van der Waals surface area contributed by atoms with E-state index >= 15 is 0 Å². The van der Waals surface area contributed by atoms with E-state index in [-0.39, 0.29) is 11.8 Å². The Morgan fingerprint density at radius 3 is 2.69 bits per heavy atom. The van der Waals surface area contributed by atoms with Gasteiger partial charge in [-0.3, -0.25) is 0 Å². The van der Waals surface area contributed by atoms with E-state index in [1.54, 1.807) is 0 Å². The Labute approximate surface area is 78.8 Å². The van der Waals surface area contributed by atoms with E-state index in [4.69, 9.17) is 0 Å². The van der Waals surface area contributed by atoms with Gasteiger partial charge in [0.1, 0.15) is 6.29 Å². The second-order valence-corrected chi connectivity index (χ2v) is 5.72. The third-order valence-corrected chi connectivity index (χ3v) is 4.18. The van der Waals surface area contributed by atoms with Crippen molar-refractivity contribution in [2.75, 3.05) is 25.1 Å². The lowest BCUT2D eigenvalue weighted by Crippen LogP contribution is -2.33. The maximum absolute atomic E-state index is 11.1. The number of nitrogens with zero attached hydrogens (tertiary/aromatic N) is 1. The van der Waals surface area contributed by atoms with Gasteiger partial charge in [-0.2, -0.15) is 0 Å². The zero-order chi connectivity index (χ0) is 9.90. The quantitative estimate of drug-likeness (QED) is 0.591. The fraction of sp³-hybridized carbons (Fsp3) is 0.875. The first kappa shape index (κ1) is 10.7. The Bertz CT molecular complexity index is 273. The molecule has 0 aromatic heterocycles. The van der Waals surface area contributed by atoms with Crippen molar-refractivity contribution in [1.29, 1.82) is 0 Å². The maximum atomic E-state index is 11.1. The first-order valence-electron chi connectivity index (χ1n) is 4.39. The van der Waals surface area contributed by atoms with Crippen LogP contribution in [-0.2, 0) is 14.6 Å². The number of rotatable bonds is 4. The topological polar surface area (TPSA) is 54.5 Å². The Hall–Kier alpha value is -0.420. The third kappa shape index (κ3) is 3.08. The molecule has 1 aliphatic rings. The van der Waals surface area contributed by atoms with E-state index < -0.39 is 9.84 Å². The summed E-state index contributed by atoms with van der Waals surface area (Å²) in [6.07, 6.45) is 2.05. The van der Waals surface area contributed by atoms with Gasteiger partial charge < -0.3 is 9.69 Å². The van der Waals surface area contributed by atoms with Crippen LogP contribution in [0.3, 0.4) is 0 Å². The number of carbonyl (C=O) groups excluding carboxylic acids is 1. The normalized spacial score (nSPS) is 26.5. The van der Waals surface area contributed by atoms with Crippen LogP contribution < -0.4 is 0 Å². The number of carbonyl (C=O) groups is 1. The van der Waals surface area contributed by atoms with Crippen LogP contribution in [-0.4, -0.2) is 50.7 Å². The van der Waals surface area contributed by atoms with E-state index in [0.29, 0.717) is 25.1 Å². The van der Waals surface area contributed by atoms with Gasteiger partial charge in [-0.05, 0) is 13.5 Å². The van der Waals surface area contributed by atoms with E-state index in [1.807, 2.05) is 11.9 Å². The zero-order valence-corrected chi connectivity index (χ0v) is 8.59. The highest BCUT2D eigenvalue weighted by molar-refractivity contribution is 7.91. The average Bonchev–Trinajstić information content (AvgIpc) is 2.42. The summed E-state index contributed by atoms with van der Waals surface area (Å²) in [7, 11) is -0.925. The van der Waals surface area contributed by atoms with E-state index in [2.05, 4.69) is 0 Å². The molecule has 13 heavy (non-hydrogen) atoms. The Kier molecular flexibility index (Phi) is 3.44. The van der Waals surface area contributed by atoms with Crippen LogP contribution in [0.4, 0.5) is 0 Å². The van der Waals surface area contributed by atoms with Crippen molar-refractivity contribution >= 4 is 16.1 Å². The van der Waals surface area contributed by atoms with Crippen molar-refractivity contribution in [3.8, 4) is 0 Å². The summed E-state index contributed by atoms with van der Waals surface area (Å²) in [6.45, 7) is 0.656. The molecule has 1 atom stereocenters. The van der Waals surface area contributed by atoms with Gasteiger partial charge in [-0.1, -0.05) is 0 Å². The first-order chi connectivity index (χ1) is 6.05. The molecule has 1 saturated heterocycles. The molecule has 1 aliphatic heterocycles. The molecule has 0 spiro atoms. The zero-order valence-electron chi connectivity index (χ0n) is 7.77. The highest BCUT2D eigenvalue weighted by Gasteiger charge is 2.30. The molecule has 0 bridgehead atoms. The second kappa shape index (κ2) is 4.19. The highest BCUT2D eigenvalue weighted by Crippen LogP contribution is 2.16. The molecule has 1 rings (SSSR count). The van der Waals surface area contributed by atoms with Crippen LogP contribution in [0, 0.1) is 0 Å². The van der Waals surface area contributed by atoms with Crippen LogP contribution >= 0.6 is 0 Å². The van der Waals surface area contributed by atoms with Gasteiger partial charge in [-0.25, -0.2) is 8.42 Å². The minimum atomic E-state index is -2.80. The smallest absolute Gasteiger partial charge is 0.151 e. The van der Waals surface area contributed by atoms with Crippen LogP contribution in [0.1, 0.15) is 12.8 Å². The molecule has 0 aromatic rings. The fourth-order valence-electron chi connectivity index (χ4n) is 1.56. The standard InChI is InChI=1S/C8H15NO3S/c1-9(4-2-5-10)8-3-6-13(11,12)7-8/h5,8H,2-4,6-7H2,1H3. The summed E-state index contributed by atoms with van der Waals surface area (Å²) in [6, 6.07) is 0.116. The van der Waals surface area contributed by atoms with E-state index in [9.17, 15) is 13.2 Å². The number of hydrogen-bond acceptors (Lipinski definition) is 4. The summed E-state index contributed by atoms with van der Waals surface area (Å²) in [4.78, 5) is 12.1. The molecule has 0 saturated carbocycles. The largest absolute Gasteiger partial charge is 0.303 e. The van der Waals surface area contributed by atoms with Crippen molar-refractivity contribution in [1.82, 2.24) is 4.90 Å². The lowest BCUT2D eigenvalue weighted by molar-refractivity contribution is -0.108. The van der Waals surface area contributed by atoms with Gasteiger partial charge >= 0.3 is 0 Å². The van der Waals surface area contributed by atoms with Crippen molar-refractivity contribution in [2.24, 2.45) is 0 Å². The van der Waals surface area contributed by atoms with E-state index in [1.165, 1.54) is 0 Å². The summed E-state index contributed by atoms with van der Waals surface area (Å²) >= 11 is 0. The summed E-state index contributed by atoms with van der Waals surface area (Å²) in [5.74, 6) is 0.547. The molecular weight excluding hydrogens is 190 g/mol. The molecule has 1 fully saturated rings. The number of hydrogen-bond donors (Lipinski definition) is 0. The molecular formula is C8H15NO3S. The summed E-state index contributed by atoms with van der Waals surface area (Å²) in [5, 5.41) is 0. The minimum Gasteiger partial charge on any atom is -0.303 e.